The Balaban J connectivity index is 1.96. The molecule has 1 aliphatic rings. The highest BCUT2D eigenvalue weighted by Crippen LogP contribution is 2.28. The first-order chi connectivity index (χ1) is 9.90. The Kier molecular flexibility index (Phi) is 5.00. The van der Waals surface area contributed by atoms with Crippen molar-refractivity contribution in [1.29, 1.82) is 0 Å². The minimum Gasteiger partial charge on any atom is -0.392 e. The van der Waals surface area contributed by atoms with Gasteiger partial charge in [0, 0.05) is 38.9 Å². The smallest absolute Gasteiger partial charge is 0.392 e. The third-order valence-electron chi connectivity index (χ3n) is 3.53. The average molecular weight is 304 g/mol. The van der Waals surface area contributed by atoms with E-state index in [2.05, 4.69) is 14.9 Å². The fourth-order valence-corrected chi connectivity index (χ4v) is 2.22. The molecular weight excluding hydrogens is 285 g/mol. The van der Waals surface area contributed by atoms with Gasteiger partial charge < -0.3 is 10.0 Å². The van der Waals surface area contributed by atoms with Crippen molar-refractivity contribution in [3.05, 3.63) is 18.0 Å². The lowest BCUT2D eigenvalue weighted by molar-refractivity contribution is -0.141. The summed E-state index contributed by atoms with van der Waals surface area (Å²) in [5, 5.41) is 9.61. The van der Waals surface area contributed by atoms with Gasteiger partial charge in [-0.3, -0.25) is 4.90 Å². The molecular formula is C13H19F3N4O. The third kappa shape index (κ3) is 4.28. The second-order valence-corrected chi connectivity index (χ2v) is 5.09. The zero-order valence-corrected chi connectivity index (χ0v) is 11.8. The first kappa shape index (κ1) is 16.0. The SMILES string of the molecule is CCC(O)CN1CCN(c2nccc(C(F)(F)F)n2)CC1. The lowest BCUT2D eigenvalue weighted by Gasteiger charge is -2.35. The summed E-state index contributed by atoms with van der Waals surface area (Å²) < 4.78 is 37.9. The van der Waals surface area contributed by atoms with Gasteiger partial charge in [0.15, 0.2) is 0 Å². The van der Waals surface area contributed by atoms with Crippen molar-refractivity contribution in [1.82, 2.24) is 14.9 Å². The highest BCUT2D eigenvalue weighted by molar-refractivity contribution is 5.31. The van der Waals surface area contributed by atoms with Crippen LogP contribution in [0.4, 0.5) is 19.1 Å². The molecule has 1 aromatic heterocycles. The molecule has 1 aromatic rings. The molecule has 0 amide bonds. The molecule has 1 atom stereocenters. The predicted octanol–water partition coefficient (Wildman–Crippen LogP) is 1.39. The molecule has 1 N–H and O–H groups in total. The summed E-state index contributed by atoms with van der Waals surface area (Å²) in [5.74, 6) is 0.112. The van der Waals surface area contributed by atoms with Crippen LogP contribution in [0.3, 0.4) is 0 Å². The van der Waals surface area contributed by atoms with Crippen LogP contribution in [-0.4, -0.2) is 58.8 Å². The highest BCUT2D eigenvalue weighted by atomic mass is 19.4. The van der Waals surface area contributed by atoms with Crippen LogP contribution in [0, 0.1) is 0 Å². The lowest BCUT2D eigenvalue weighted by Crippen LogP contribution is -2.49. The zero-order chi connectivity index (χ0) is 15.5. The summed E-state index contributed by atoms with van der Waals surface area (Å²) in [5.41, 5.74) is -0.920. The summed E-state index contributed by atoms with van der Waals surface area (Å²) in [6.07, 6.45) is -2.98. The van der Waals surface area contributed by atoms with E-state index in [9.17, 15) is 18.3 Å². The minimum absolute atomic E-state index is 0.112. The van der Waals surface area contributed by atoms with Crippen molar-refractivity contribution < 1.29 is 18.3 Å². The molecule has 2 heterocycles. The summed E-state index contributed by atoms with van der Waals surface area (Å²) in [6.45, 7) is 4.97. The van der Waals surface area contributed by atoms with Gasteiger partial charge >= 0.3 is 6.18 Å². The van der Waals surface area contributed by atoms with Gasteiger partial charge in [0.2, 0.25) is 5.95 Å². The van der Waals surface area contributed by atoms with Crippen LogP contribution >= 0.6 is 0 Å². The van der Waals surface area contributed by atoms with Crippen molar-refractivity contribution in [3.8, 4) is 0 Å². The Morgan fingerprint density at radius 1 is 1.29 bits per heavy atom. The van der Waals surface area contributed by atoms with Crippen LogP contribution in [0.5, 0.6) is 0 Å². The number of hydrogen-bond donors (Lipinski definition) is 1. The summed E-state index contributed by atoms with van der Waals surface area (Å²) in [4.78, 5) is 11.4. The average Bonchev–Trinajstić information content (AvgIpc) is 2.47. The molecule has 0 bridgehead atoms. The number of nitrogens with zero attached hydrogens (tertiary/aromatic N) is 4. The van der Waals surface area contributed by atoms with Gasteiger partial charge in [0.05, 0.1) is 6.10 Å². The first-order valence-electron chi connectivity index (χ1n) is 6.95. The van der Waals surface area contributed by atoms with E-state index in [1.807, 2.05) is 6.92 Å². The maximum Gasteiger partial charge on any atom is 0.433 e. The van der Waals surface area contributed by atoms with Gasteiger partial charge in [-0.2, -0.15) is 13.2 Å². The predicted molar refractivity (Wildman–Crippen MR) is 72.0 cm³/mol. The quantitative estimate of drug-likeness (QED) is 0.911. The maximum atomic E-state index is 12.6. The van der Waals surface area contributed by atoms with Crippen molar-refractivity contribution in [2.75, 3.05) is 37.6 Å². The number of alkyl halides is 3. The van der Waals surface area contributed by atoms with Crippen LogP contribution in [0.1, 0.15) is 19.0 Å². The van der Waals surface area contributed by atoms with Crippen LogP contribution in [0.15, 0.2) is 12.3 Å². The van der Waals surface area contributed by atoms with E-state index in [-0.39, 0.29) is 12.1 Å². The summed E-state index contributed by atoms with van der Waals surface area (Å²) in [6, 6.07) is 0.872. The Bertz CT molecular complexity index is 461. The molecule has 0 aromatic carbocycles. The molecule has 2 rings (SSSR count). The van der Waals surface area contributed by atoms with Crippen LogP contribution in [0.25, 0.3) is 0 Å². The molecule has 1 fully saturated rings. The van der Waals surface area contributed by atoms with E-state index in [1.54, 1.807) is 4.90 Å². The number of rotatable bonds is 4. The number of piperazine rings is 1. The second-order valence-electron chi connectivity index (χ2n) is 5.09. The monoisotopic (exact) mass is 304 g/mol. The largest absolute Gasteiger partial charge is 0.433 e. The fraction of sp³-hybridized carbons (Fsp3) is 0.692. The highest BCUT2D eigenvalue weighted by Gasteiger charge is 2.33. The third-order valence-corrected chi connectivity index (χ3v) is 3.53. The number of anilines is 1. The van der Waals surface area contributed by atoms with E-state index < -0.39 is 11.9 Å². The molecule has 1 aliphatic heterocycles. The summed E-state index contributed by atoms with van der Waals surface area (Å²) >= 11 is 0. The van der Waals surface area contributed by atoms with Gasteiger partial charge in [0.1, 0.15) is 5.69 Å². The molecule has 5 nitrogen and oxygen atoms in total. The van der Waals surface area contributed by atoms with Crippen molar-refractivity contribution in [2.24, 2.45) is 0 Å². The maximum absolute atomic E-state index is 12.6. The van der Waals surface area contributed by atoms with Crippen LogP contribution in [0.2, 0.25) is 0 Å². The van der Waals surface area contributed by atoms with E-state index >= 15 is 0 Å². The van der Waals surface area contributed by atoms with Crippen LogP contribution in [-0.2, 0) is 6.18 Å². The second kappa shape index (κ2) is 6.57. The standard InChI is InChI=1S/C13H19F3N4O/c1-2-10(21)9-19-5-7-20(8-6-19)12-17-4-3-11(18-12)13(14,15)16/h3-4,10,21H,2,5-9H2,1H3. The molecule has 1 saturated heterocycles. The molecule has 21 heavy (non-hydrogen) atoms. The number of aliphatic hydroxyl groups excluding tert-OH is 1. The molecule has 0 aliphatic carbocycles. The molecule has 0 spiro atoms. The normalized spacial score (nSPS) is 18.8. The topological polar surface area (TPSA) is 52.5 Å². The van der Waals surface area contributed by atoms with E-state index in [0.717, 1.165) is 12.3 Å². The van der Waals surface area contributed by atoms with Gasteiger partial charge in [0.25, 0.3) is 0 Å². The van der Waals surface area contributed by atoms with E-state index in [4.69, 9.17) is 0 Å². The van der Waals surface area contributed by atoms with Gasteiger partial charge in [-0.1, -0.05) is 6.92 Å². The van der Waals surface area contributed by atoms with Gasteiger partial charge in [-0.15, -0.1) is 0 Å². The number of halogens is 3. The fourth-order valence-electron chi connectivity index (χ4n) is 2.22. The Morgan fingerprint density at radius 3 is 2.52 bits per heavy atom. The lowest BCUT2D eigenvalue weighted by atomic mass is 10.2. The number of aliphatic hydroxyl groups is 1. The Hall–Kier alpha value is -1.41. The number of β-amino-alcohol motifs (C(OH)–C–C–N with tert-alkyl or cyclic N) is 1. The van der Waals surface area contributed by atoms with E-state index in [0.29, 0.717) is 39.1 Å². The molecule has 0 radical (unpaired) electrons. The zero-order valence-electron chi connectivity index (χ0n) is 11.8. The van der Waals surface area contributed by atoms with Crippen molar-refractivity contribution >= 4 is 5.95 Å². The Labute approximate surface area is 121 Å². The summed E-state index contributed by atoms with van der Waals surface area (Å²) in [7, 11) is 0. The van der Waals surface area contributed by atoms with Crippen LogP contribution < -0.4 is 4.90 Å². The first-order valence-corrected chi connectivity index (χ1v) is 6.95. The molecule has 118 valence electrons. The van der Waals surface area contributed by atoms with Gasteiger partial charge in [-0.05, 0) is 12.5 Å². The van der Waals surface area contributed by atoms with Crippen molar-refractivity contribution in [3.63, 3.8) is 0 Å². The minimum atomic E-state index is -4.45. The molecule has 0 saturated carbocycles. The van der Waals surface area contributed by atoms with E-state index in [1.165, 1.54) is 0 Å². The number of aromatic nitrogens is 2. The van der Waals surface area contributed by atoms with Crippen molar-refractivity contribution in [2.45, 2.75) is 25.6 Å². The number of hydrogen-bond acceptors (Lipinski definition) is 5. The molecule has 8 heteroatoms. The molecule has 1 unspecified atom stereocenters. The Morgan fingerprint density at radius 2 is 1.95 bits per heavy atom. The van der Waals surface area contributed by atoms with Gasteiger partial charge in [-0.25, -0.2) is 9.97 Å².